The van der Waals surface area contributed by atoms with Gasteiger partial charge in [-0.15, -0.1) is 0 Å². The molecular formula is C17H15BrN2. The van der Waals surface area contributed by atoms with E-state index in [4.69, 9.17) is 5.73 Å². The van der Waals surface area contributed by atoms with E-state index in [1.165, 1.54) is 5.56 Å². The molecule has 20 heavy (non-hydrogen) atoms. The molecule has 0 fully saturated rings. The number of hydrogen-bond donors (Lipinski definition) is 1. The summed E-state index contributed by atoms with van der Waals surface area (Å²) in [6.07, 6.45) is 1.81. The molecule has 3 aromatic rings. The Bertz CT molecular complexity index is 763. The zero-order chi connectivity index (χ0) is 14.1. The average molecular weight is 327 g/mol. The minimum absolute atomic E-state index is 0.153. The summed E-state index contributed by atoms with van der Waals surface area (Å²) in [4.78, 5) is 4.38. The van der Waals surface area contributed by atoms with Crippen LogP contribution in [-0.4, -0.2) is 4.98 Å². The van der Waals surface area contributed by atoms with E-state index >= 15 is 0 Å². The molecule has 1 unspecified atom stereocenters. The van der Waals surface area contributed by atoms with Crippen LogP contribution in [0.4, 0.5) is 0 Å². The molecule has 100 valence electrons. The largest absolute Gasteiger partial charge is 0.320 e. The Hall–Kier alpha value is -1.71. The van der Waals surface area contributed by atoms with Crippen LogP contribution in [0.1, 0.15) is 22.7 Å². The van der Waals surface area contributed by atoms with Gasteiger partial charge in [0, 0.05) is 16.1 Å². The summed E-state index contributed by atoms with van der Waals surface area (Å²) in [6, 6.07) is 16.2. The second-order valence-electron chi connectivity index (χ2n) is 4.90. The lowest BCUT2D eigenvalue weighted by molar-refractivity contribution is 0.878. The van der Waals surface area contributed by atoms with Crippen LogP contribution in [0.15, 0.2) is 59.2 Å². The van der Waals surface area contributed by atoms with E-state index in [0.717, 1.165) is 26.5 Å². The summed E-state index contributed by atoms with van der Waals surface area (Å²) in [7, 11) is 0. The van der Waals surface area contributed by atoms with Gasteiger partial charge in [-0.1, -0.05) is 46.3 Å². The van der Waals surface area contributed by atoms with Gasteiger partial charge in [-0.3, -0.25) is 4.98 Å². The van der Waals surface area contributed by atoms with Gasteiger partial charge in [0.1, 0.15) is 0 Å². The first-order valence-corrected chi connectivity index (χ1v) is 7.31. The number of hydrogen-bond acceptors (Lipinski definition) is 2. The number of halogens is 1. The highest BCUT2D eigenvalue weighted by Gasteiger charge is 2.13. The highest BCUT2D eigenvalue weighted by atomic mass is 79.9. The predicted molar refractivity (Wildman–Crippen MR) is 86.7 cm³/mol. The lowest BCUT2D eigenvalue weighted by atomic mass is 9.95. The zero-order valence-electron chi connectivity index (χ0n) is 11.2. The average Bonchev–Trinajstić information content (AvgIpc) is 2.49. The molecule has 0 radical (unpaired) electrons. The molecular weight excluding hydrogens is 312 g/mol. The Labute approximate surface area is 126 Å². The van der Waals surface area contributed by atoms with Crippen molar-refractivity contribution in [1.29, 1.82) is 0 Å². The SMILES string of the molecule is Cc1ccc(C(N)c2cccc3ncccc23)cc1Br. The third-order valence-corrected chi connectivity index (χ3v) is 4.42. The maximum Gasteiger partial charge on any atom is 0.0705 e. The van der Waals surface area contributed by atoms with Crippen molar-refractivity contribution in [1.82, 2.24) is 4.98 Å². The molecule has 3 rings (SSSR count). The first-order valence-electron chi connectivity index (χ1n) is 6.52. The summed E-state index contributed by atoms with van der Waals surface area (Å²) >= 11 is 3.57. The van der Waals surface area contributed by atoms with Gasteiger partial charge in [-0.25, -0.2) is 0 Å². The Morgan fingerprint density at radius 3 is 2.75 bits per heavy atom. The quantitative estimate of drug-likeness (QED) is 0.760. The molecule has 0 aliphatic carbocycles. The molecule has 0 saturated heterocycles. The highest BCUT2D eigenvalue weighted by Crippen LogP contribution is 2.28. The summed E-state index contributed by atoms with van der Waals surface area (Å²) in [5.74, 6) is 0. The lowest BCUT2D eigenvalue weighted by Crippen LogP contribution is -2.12. The maximum atomic E-state index is 6.45. The molecule has 3 heteroatoms. The lowest BCUT2D eigenvalue weighted by Gasteiger charge is -2.16. The molecule has 1 aromatic heterocycles. The van der Waals surface area contributed by atoms with E-state index in [1.54, 1.807) is 6.20 Å². The van der Waals surface area contributed by atoms with Crippen LogP contribution in [-0.2, 0) is 0 Å². The van der Waals surface area contributed by atoms with Crippen LogP contribution in [0.25, 0.3) is 10.9 Å². The van der Waals surface area contributed by atoms with Gasteiger partial charge in [-0.05, 0) is 41.8 Å². The minimum Gasteiger partial charge on any atom is -0.320 e. The molecule has 1 heterocycles. The molecule has 0 saturated carbocycles. The number of fused-ring (bicyclic) bond motifs is 1. The van der Waals surface area contributed by atoms with Gasteiger partial charge >= 0.3 is 0 Å². The molecule has 1 atom stereocenters. The van der Waals surface area contributed by atoms with Gasteiger partial charge < -0.3 is 5.73 Å². The topological polar surface area (TPSA) is 38.9 Å². The second-order valence-corrected chi connectivity index (χ2v) is 5.76. The summed E-state index contributed by atoms with van der Waals surface area (Å²) < 4.78 is 1.09. The Morgan fingerprint density at radius 2 is 1.95 bits per heavy atom. The Balaban J connectivity index is 2.12. The second kappa shape index (κ2) is 5.35. The van der Waals surface area contributed by atoms with E-state index in [2.05, 4.69) is 58.2 Å². The van der Waals surface area contributed by atoms with E-state index in [9.17, 15) is 0 Å². The summed E-state index contributed by atoms with van der Waals surface area (Å²) in [6.45, 7) is 2.07. The number of nitrogens with zero attached hydrogens (tertiary/aromatic N) is 1. The number of aryl methyl sites for hydroxylation is 1. The zero-order valence-corrected chi connectivity index (χ0v) is 12.8. The van der Waals surface area contributed by atoms with Crippen LogP contribution >= 0.6 is 15.9 Å². The third-order valence-electron chi connectivity index (χ3n) is 3.57. The fourth-order valence-corrected chi connectivity index (χ4v) is 2.78. The van der Waals surface area contributed by atoms with Gasteiger partial charge in [0.25, 0.3) is 0 Å². The molecule has 0 aliphatic rings. The van der Waals surface area contributed by atoms with Crippen molar-refractivity contribution >= 4 is 26.8 Å². The molecule has 0 spiro atoms. The number of nitrogens with two attached hydrogens (primary N) is 1. The van der Waals surface area contributed by atoms with E-state index in [1.807, 2.05) is 18.2 Å². The Kier molecular flexibility index (Phi) is 3.55. The van der Waals surface area contributed by atoms with E-state index in [0.29, 0.717) is 0 Å². The fourth-order valence-electron chi connectivity index (χ4n) is 2.38. The van der Waals surface area contributed by atoms with Gasteiger partial charge in [0.15, 0.2) is 0 Å². The van der Waals surface area contributed by atoms with Crippen LogP contribution in [0.5, 0.6) is 0 Å². The standard InChI is InChI=1S/C17H15BrN2/c1-11-7-8-12(10-15(11)18)17(19)14-4-2-6-16-13(14)5-3-9-20-16/h2-10,17H,19H2,1H3. The highest BCUT2D eigenvalue weighted by molar-refractivity contribution is 9.10. The van der Waals surface area contributed by atoms with Crippen molar-refractivity contribution in [3.05, 3.63) is 75.9 Å². The van der Waals surface area contributed by atoms with Crippen molar-refractivity contribution < 1.29 is 0 Å². The van der Waals surface area contributed by atoms with Gasteiger partial charge in [0.2, 0.25) is 0 Å². The van der Waals surface area contributed by atoms with Crippen LogP contribution in [0.2, 0.25) is 0 Å². The van der Waals surface area contributed by atoms with Crippen molar-refractivity contribution in [2.75, 3.05) is 0 Å². The van der Waals surface area contributed by atoms with Crippen LogP contribution < -0.4 is 5.73 Å². The number of aromatic nitrogens is 1. The van der Waals surface area contributed by atoms with Gasteiger partial charge in [0.05, 0.1) is 11.6 Å². The van der Waals surface area contributed by atoms with E-state index in [-0.39, 0.29) is 6.04 Å². The predicted octanol–water partition coefficient (Wildman–Crippen LogP) is 4.35. The van der Waals surface area contributed by atoms with Crippen LogP contribution in [0, 0.1) is 6.92 Å². The van der Waals surface area contributed by atoms with Crippen molar-refractivity contribution in [2.24, 2.45) is 5.73 Å². The fraction of sp³-hybridized carbons (Fsp3) is 0.118. The Morgan fingerprint density at radius 1 is 1.10 bits per heavy atom. The molecule has 2 N–H and O–H groups in total. The number of pyridine rings is 1. The monoisotopic (exact) mass is 326 g/mol. The molecule has 0 amide bonds. The molecule has 0 bridgehead atoms. The third kappa shape index (κ3) is 2.35. The normalized spacial score (nSPS) is 12.6. The van der Waals surface area contributed by atoms with E-state index < -0.39 is 0 Å². The maximum absolute atomic E-state index is 6.45. The summed E-state index contributed by atoms with van der Waals surface area (Å²) in [5.41, 5.74) is 10.8. The van der Waals surface area contributed by atoms with Crippen molar-refractivity contribution in [3.8, 4) is 0 Å². The first kappa shape index (κ1) is 13.3. The number of benzene rings is 2. The van der Waals surface area contributed by atoms with Gasteiger partial charge in [-0.2, -0.15) is 0 Å². The molecule has 2 nitrogen and oxygen atoms in total. The van der Waals surface area contributed by atoms with Crippen molar-refractivity contribution in [3.63, 3.8) is 0 Å². The summed E-state index contributed by atoms with van der Waals surface area (Å²) in [5, 5.41) is 1.11. The number of rotatable bonds is 2. The smallest absolute Gasteiger partial charge is 0.0705 e. The van der Waals surface area contributed by atoms with Crippen molar-refractivity contribution in [2.45, 2.75) is 13.0 Å². The van der Waals surface area contributed by atoms with Crippen LogP contribution in [0.3, 0.4) is 0 Å². The molecule has 0 aliphatic heterocycles. The first-order chi connectivity index (χ1) is 9.66. The minimum atomic E-state index is -0.153. The molecule has 2 aromatic carbocycles.